The first-order valence-corrected chi connectivity index (χ1v) is 9.73. The highest BCUT2D eigenvalue weighted by Crippen LogP contribution is 2.31. The van der Waals surface area contributed by atoms with Crippen LogP contribution in [0.5, 0.6) is 0 Å². The quantitative estimate of drug-likeness (QED) is 0.796. The van der Waals surface area contributed by atoms with Gasteiger partial charge < -0.3 is 9.73 Å². The first-order valence-electron chi connectivity index (χ1n) is 9.73. The van der Waals surface area contributed by atoms with Gasteiger partial charge in [-0.2, -0.15) is 0 Å². The minimum atomic E-state index is 0.0552. The van der Waals surface area contributed by atoms with E-state index in [9.17, 15) is 4.79 Å². The van der Waals surface area contributed by atoms with E-state index in [2.05, 4.69) is 49.2 Å². The standard InChI is InChI=1S/C22H30N2O2/c1-16(2)18-10-7-9-17(3)22(18)23-21(25)15-24-13-6-4-5-11-19(24)20-12-8-14-26-20/h7-10,12,14,16,19H,4-6,11,13,15H2,1-3H3,(H,23,25). The molecule has 0 aliphatic carbocycles. The third-order valence-electron chi connectivity index (χ3n) is 5.27. The molecule has 1 amide bonds. The number of hydrogen-bond donors (Lipinski definition) is 1. The van der Waals surface area contributed by atoms with Gasteiger partial charge in [0, 0.05) is 5.69 Å². The fraction of sp³-hybridized carbons (Fsp3) is 0.500. The molecule has 1 aromatic carbocycles. The average Bonchev–Trinajstić information content (AvgIpc) is 3.04. The lowest BCUT2D eigenvalue weighted by atomic mass is 9.98. The number of nitrogens with zero attached hydrogens (tertiary/aromatic N) is 1. The lowest BCUT2D eigenvalue weighted by Gasteiger charge is -2.28. The first-order chi connectivity index (χ1) is 12.6. The third-order valence-corrected chi connectivity index (χ3v) is 5.27. The van der Waals surface area contributed by atoms with E-state index in [4.69, 9.17) is 4.42 Å². The van der Waals surface area contributed by atoms with Crippen LogP contribution in [0.4, 0.5) is 5.69 Å². The molecular weight excluding hydrogens is 324 g/mol. The van der Waals surface area contributed by atoms with Crippen molar-refractivity contribution in [3.05, 3.63) is 53.5 Å². The van der Waals surface area contributed by atoms with Gasteiger partial charge in [0.05, 0.1) is 18.8 Å². The fourth-order valence-corrected chi connectivity index (χ4v) is 3.87. The molecule has 3 rings (SSSR count). The Balaban J connectivity index is 1.74. The summed E-state index contributed by atoms with van der Waals surface area (Å²) in [5, 5.41) is 3.18. The van der Waals surface area contributed by atoms with Crippen molar-refractivity contribution in [1.82, 2.24) is 4.90 Å². The molecule has 1 fully saturated rings. The van der Waals surface area contributed by atoms with Crippen molar-refractivity contribution < 1.29 is 9.21 Å². The van der Waals surface area contributed by atoms with Gasteiger partial charge in [0.1, 0.15) is 5.76 Å². The third kappa shape index (κ3) is 4.36. The van der Waals surface area contributed by atoms with Crippen LogP contribution in [0.3, 0.4) is 0 Å². The zero-order valence-corrected chi connectivity index (χ0v) is 16.1. The maximum absolute atomic E-state index is 12.9. The summed E-state index contributed by atoms with van der Waals surface area (Å²) in [4.78, 5) is 15.1. The monoisotopic (exact) mass is 354 g/mol. The normalized spacial score (nSPS) is 18.7. The molecule has 0 radical (unpaired) electrons. The largest absolute Gasteiger partial charge is 0.468 e. The van der Waals surface area contributed by atoms with Crippen LogP contribution >= 0.6 is 0 Å². The molecule has 1 saturated heterocycles. The number of carbonyl (C=O) groups is 1. The molecule has 1 atom stereocenters. The number of para-hydroxylation sites is 1. The number of likely N-dealkylation sites (tertiary alicyclic amines) is 1. The van der Waals surface area contributed by atoms with E-state index in [1.807, 2.05) is 12.1 Å². The minimum absolute atomic E-state index is 0.0552. The lowest BCUT2D eigenvalue weighted by molar-refractivity contribution is -0.118. The summed E-state index contributed by atoms with van der Waals surface area (Å²) < 4.78 is 5.65. The van der Waals surface area contributed by atoms with Gasteiger partial charge in [0.2, 0.25) is 5.91 Å². The second kappa shape index (κ2) is 8.54. The van der Waals surface area contributed by atoms with Crippen LogP contribution < -0.4 is 5.32 Å². The number of hydrogen-bond acceptors (Lipinski definition) is 3. The molecule has 1 aromatic heterocycles. The second-order valence-corrected chi connectivity index (χ2v) is 7.59. The van der Waals surface area contributed by atoms with Crippen molar-refractivity contribution in [2.45, 2.75) is 58.4 Å². The van der Waals surface area contributed by atoms with Gasteiger partial charge >= 0.3 is 0 Å². The number of carbonyl (C=O) groups excluding carboxylic acids is 1. The van der Waals surface area contributed by atoms with Crippen molar-refractivity contribution in [2.75, 3.05) is 18.4 Å². The maximum Gasteiger partial charge on any atom is 0.238 e. The Morgan fingerprint density at radius 2 is 2.08 bits per heavy atom. The van der Waals surface area contributed by atoms with Crippen LogP contribution in [0.1, 0.15) is 68.4 Å². The summed E-state index contributed by atoms with van der Waals surface area (Å²) >= 11 is 0. The molecule has 2 heterocycles. The molecule has 4 nitrogen and oxygen atoms in total. The fourth-order valence-electron chi connectivity index (χ4n) is 3.87. The minimum Gasteiger partial charge on any atom is -0.468 e. The van der Waals surface area contributed by atoms with Crippen LogP contribution in [-0.4, -0.2) is 23.9 Å². The van der Waals surface area contributed by atoms with Crippen LogP contribution in [0, 0.1) is 6.92 Å². The van der Waals surface area contributed by atoms with E-state index in [1.165, 1.54) is 18.4 Å². The van der Waals surface area contributed by atoms with E-state index < -0.39 is 0 Å². The van der Waals surface area contributed by atoms with Crippen molar-refractivity contribution in [3.8, 4) is 0 Å². The number of amides is 1. The summed E-state index contributed by atoms with van der Waals surface area (Å²) in [5.74, 6) is 1.40. The van der Waals surface area contributed by atoms with Crippen molar-refractivity contribution >= 4 is 11.6 Å². The van der Waals surface area contributed by atoms with E-state index in [1.54, 1.807) is 6.26 Å². The summed E-state index contributed by atoms with van der Waals surface area (Å²) in [7, 11) is 0. The number of furan rings is 1. The SMILES string of the molecule is Cc1cccc(C(C)C)c1NC(=O)CN1CCCCCC1c1ccco1. The zero-order valence-electron chi connectivity index (χ0n) is 16.1. The van der Waals surface area contributed by atoms with Crippen LogP contribution in [0.25, 0.3) is 0 Å². The van der Waals surface area contributed by atoms with Gasteiger partial charge in [-0.15, -0.1) is 0 Å². The van der Waals surface area contributed by atoms with Gasteiger partial charge in [-0.25, -0.2) is 0 Å². The molecule has 1 aliphatic heterocycles. The first kappa shape index (κ1) is 18.7. The molecule has 2 aromatic rings. The van der Waals surface area contributed by atoms with E-state index in [0.29, 0.717) is 12.5 Å². The zero-order chi connectivity index (χ0) is 18.5. The maximum atomic E-state index is 12.9. The van der Waals surface area contributed by atoms with Gasteiger partial charge in [0.25, 0.3) is 0 Å². The Bertz CT molecular complexity index is 722. The Morgan fingerprint density at radius 1 is 1.23 bits per heavy atom. The Kier molecular flexibility index (Phi) is 6.15. The Labute approximate surface area is 156 Å². The highest BCUT2D eigenvalue weighted by molar-refractivity contribution is 5.94. The van der Waals surface area contributed by atoms with Crippen molar-refractivity contribution in [1.29, 1.82) is 0 Å². The molecule has 1 N–H and O–H groups in total. The number of nitrogens with one attached hydrogen (secondary N) is 1. The highest BCUT2D eigenvalue weighted by atomic mass is 16.3. The molecule has 26 heavy (non-hydrogen) atoms. The predicted molar refractivity (Wildman–Crippen MR) is 105 cm³/mol. The summed E-state index contributed by atoms with van der Waals surface area (Å²) in [6.07, 6.45) is 6.29. The Morgan fingerprint density at radius 3 is 2.81 bits per heavy atom. The van der Waals surface area contributed by atoms with E-state index in [0.717, 1.165) is 36.4 Å². The summed E-state index contributed by atoms with van der Waals surface area (Å²) in [6.45, 7) is 7.71. The molecular formula is C22H30N2O2. The molecule has 1 aliphatic rings. The average molecular weight is 354 g/mol. The smallest absolute Gasteiger partial charge is 0.238 e. The number of anilines is 1. The van der Waals surface area contributed by atoms with Gasteiger partial charge in [0.15, 0.2) is 0 Å². The number of rotatable bonds is 5. The van der Waals surface area contributed by atoms with Gasteiger partial charge in [-0.05, 0) is 55.5 Å². The van der Waals surface area contributed by atoms with Crippen LogP contribution in [-0.2, 0) is 4.79 Å². The lowest BCUT2D eigenvalue weighted by Crippen LogP contribution is -2.36. The van der Waals surface area contributed by atoms with E-state index >= 15 is 0 Å². The van der Waals surface area contributed by atoms with Gasteiger partial charge in [-0.1, -0.05) is 44.9 Å². The molecule has 0 bridgehead atoms. The summed E-state index contributed by atoms with van der Waals surface area (Å²) in [5.41, 5.74) is 3.27. The second-order valence-electron chi connectivity index (χ2n) is 7.59. The van der Waals surface area contributed by atoms with Crippen LogP contribution in [0.2, 0.25) is 0 Å². The molecule has 0 saturated carbocycles. The molecule has 4 heteroatoms. The highest BCUT2D eigenvalue weighted by Gasteiger charge is 2.26. The Hall–Kier alpha value is -2.07. The van der Waals surface area contributed by atoms with E-state index in [-0.39, 0.29) is 11.9 Å². The van der Waals surface area contributed by atoms with Crippen LogP contribution in [0.15, 0.2) is 41.0 Å². The molecule has 1 unspecified atom stereocenters. The molecule has 0 spiro atoms. The number of aryl methyl sites for hydroxylation is 1. The predicted octanol–water partition coefficient (Wildman–Crippen LogP) is 5.27. The van der Waals surface area contributed by atoms with Crippen molar-refractivity contribution in [3.63, 3.8) is 0 Å². The number of benzene rings is 1. The van der Waals surface area contributed by atoms with Gasteiger partial charge in [-0.3, -0.25) is 9.69 Å². The molecule has 140 valence electrons. The van der Waals surface area contributed by atoms with Crippen molar-refractivity contribution in [2.24, 2.45) is 0 Å². The topological polar surface area (TPSA) is 45.5 Å². The summed E-state index contributed by atoms with van der Waals surface area (Å²) in [6, 6.07) is 10.4.